The number of pyridine rings is 3. The first kappa shape index (κ1) is 18.6. The zero-order valence-electron chi connectivity index (χ0n) is 17.4. The molecule has 2 N–H and O–H groups in total. The zero-order chi connectivity index (χ0) is 21.7. The number of anilines is 1. The normalized spacial score (nSPS) is 11.4. The summed E-state index contributed by atoms with van der Waals surface area (Å²) in [6.07, 6.45) is 7.30. The van der Waals surface area contributed by atoms with Crippen molar-refractivity contribution in [3.8, 4) is 33.9 Å². The first-order chi connectivity index (χ1) is 15.7. The summed E-state index contributed by atoms with van der Waals surface area (Å²) in [5.41, 5.74) is 8.09. The maximum absolute atomic E-state index is 4.87. The van der Waals surface area contributed by atoms with Crippen LogP contribution < -0.4 is 4.90 Å². The highest BCUT2D eigenvalue weighted by Gasteiger charge is 2.17. The molecule has 6 rings (SSSR count). The largest absolute Gasteiger partial charge is 0.376 e. The van der Waals surface area contributed by atoms with Crippen molar-refractivity contribution in [1.82, 2.24) is 35.1 Å². The lowest BCUT2D eigenvalue weighted by atomic mass is 10.1. The molecule has 156 valence electrons. The molecule has 0 amide bonds. The molecule has 0 spiro atoms. The number of nitrogens with one attached hydrogen (secondary N) is 2. The number of fused-ring (bicyclic) bond motifs is 2. The molecule has 6 heterocycles. The Morgan fingerprint density at radius 1 is 0.969 bits per heavy atom. The predicted octanol–water partition coefficient (Wildman–Crippen LogP) is 4.75. The van der Waals surface area contributed by atoms with Crippen LogP contribution in [0.25, 0.3) is 56.0 Å². The molecule has 8 nitrogen and oxygen atoms in total. The van der Waals surface area contributed by atoms with E-state index in [9.17, 15) is 0 Å². The molecule has 0 aliphatic carbocycles. The minimum atomic E-state index is 0.636. The van der Waals surface area contributed by atoms with Crippen molar-refractivity contribution in [1.29, 1.82) is 0 Å². The summed E-state index contributed by atoms with van der Waals surface area (Å²) in [6.45, 7) is 0. The number of hydrogen-bond acceptors (Lipinski definition) is 7. The fourth-order valence-corrected chi connectivity index (χ4v) is 4.37. The van der Waals surface area contributed by atoms with Crippen LogP contribution in [-0.4, -0.2) is 49.2 Å². The second kappa shape index (κ2) is 7.24. The highest BCUT2D eigenvalue weighted by Crippen LogP contribution is 2.32. The Balaban J connectivity index is 1.49. The quantitative estimate of drug-likeness (QED) is 0.412. The molecule has 0 radical (unpaired) electrons. The van der Waals surface area contributed by atoms with Crippen LogP contribution in [0, 0.1) is 0 Å². The minimum Gasteiger partial charge on any atom is -0.376 e. The Labute approximate surface area is 187 Å². The van der Waals surface area contributed by atoms with Gasteiger partial charge in [-0.15, -0.1) is 0 Å². The molecular formula is C23H18N8S. The highest BCUT2D eigenvalue weighted by atomic mass is 32.1. The monoisotopic (exact) mass is 438 g/mol. The smallest absolute Gasteiger partial charge is 0.181 e. The van der Waals surface area contributed by atoms with Gasteiger partial charge in [-0.2, -0.15) is 16.4 Å². The Bertz CT molecular complexity index is 1560. The van der Waals surface area contributed by atoms with Crippen LogP contribution in [0.4, 0.5) is 5.69 Å². The number of hydrogen-bond donors (Lipinski definition) is 2. The van der Waals surface area contributed by atoms with E-state index in [0.29, 0.717) is 11.5 Å². The van der Waals surface area contributed by atoms with E-state index in [0.717, 1.165) is 50.2 Å². The number of nitrogens with zero attached hydrogens (tertiary/aromatic N) is 6. The van der Waals surface area contributed by atoms with E-state index in [4.69, 9.17) is 4.98 Å². The van der Waals surface area contributed by atoms with Crippen LogP contribution in [0.15, 0.2) is 59.8 Å². The van der Waals surface area contributed by atoms with Crippen LogP contribution in [0.3, 0.4) is 0 Å². The van der Waals surface area contributed by atoms with Gasteiger partial charge in [0, 0.05) is 54.8 Å². The predicted molar refractivity (Wildman–Crippen MR) is 128 cm³/mol. The molecule has 0 aromatic carbocycles. The summed E-state index contributed by atoms with van der Waals surface area (Å²) in [7, 11) is 3.99. The van der Waals surface area contributed by atoms with E-state index in [1.807, 2.05) is 49.0 Å². The molecule has 6 aromatic rings. The number of H-pyrrole nitrogens is 2. The van der Waals surface area contributed by atoms with E-state index in [2.05, 4.69) is 53.7 Å². The molecule has 9 heteroatoms. The van der Waals surface area contributed by atoms with Gasteiger partial charge in [-0.1, -0.05) is 0 Å². The maximum atomic E-state index is 4.87. The van der Waals surface area contributed by atoms with Crippen molar-refractivity contribution in [3.63, 3.8) is 0 Å². The molecule has 0 aliphatic heterocycles. The molecule has 6 aromatic heterocycles. The summed E-state index contributed by atoms with van der Waals surface area (Å²) in [5.74, 6) is 0.700. The lowest BCUT2D eigenvalue weighted by Gasteiger charge is -2.12. The second-order valence-electron chi connectivity index (χ2n) is 7.67. The van der Waals surface area contributed by atoms with Crippen molar-refractivity contribution in [2.45, 2.75) is 0 Å². The molecule has 0 atom stereocenters. The summed E-state index contributed by atoms with van der Waals surface area (Å²) in [4.78, 5) is 23.8. The summed E-state index contributed by atoms with van der Waals surface area (Å²) >= 11 is 1.64. The van der Waals surface area contributed by atoms with Crippen LogP contribution in [0.5, 0.6) is 0 Å². The van der Waals surface area contributed by atoms with Crippen LogP contribution in [0.2, 0.25) is 0 Å². The van der Waals surface area contributed by atoms with Gasteiger partial charge in [-0.05, 0) is 29.6 Å². The Morgan fingerprint density at radius 2 is 1.88 bits per heavy atom. The number of aromatic nitrogens is 7. The van der Waals surface area contributed by atoms with Gasteiger partial charge in [0.1, 0.15) is 11.2 Å². The van der Waals surface area contributed by atoms with Gasteiger partial charge in [-0.3, -0.25) is 15.1 Å². The van der Waals surface area contributed by atoms with Gasteiger partial charge >= 0.3 is 0 Å². The zero-order valence-corrected chi connectivity index (χ0v) is 18.2. The van der Waals surface area contributed by atoms with Gasteiger partial charge in [0.05, 0.1) is 28.5 Å². The van der Waals surface area contributed by atoms with Crippen LogP contribution in [0.1, 0.15) is 0 Å². The second-order valence-corrected chi connectivity index (χ2v) is 8.45. The fraction of sp³-hybridized carbons (Fsp3) is 0.0870. The molecule has 0 unspecified atom stereocenters. The van der Waals surface area contributed by atoms with Gasteiger partial charge in [-0.25, -0.2) is 9.97 Å². The van der Waals surface area contributed by atoms with Crippen molar-refractivity contribution in [2.24, 2.45) is 0 Å². The highest BCUT2D eigenvalue weighted by molar-refractivity contribution is 7.08. The fourth-order valence-electron chi connectivity index (χ4n) is 3.73. The maximum Gasteiger partial charge on any atom is 0.181 e. The standard InChI is InChI=1S/C23H18N8S/c1-31(2)16-7-14(9-24-11-16)15-8-17-20(29-30-22(17)26-10-15)23-27-18-3-5-25-19(21(18)28-23)13-4-6-32-12-13/h3-12H,1-2H3,(H,27,28)(H,26,29,30). The first-order valence-corrected chi connectivity index (χ1v) is 11.0. The summed E-state index contributed by atoms with van der Waals surface area (Å²) < 4.78 is 0. The molecule has 0 fully saturated rings. The molecule has 0 saturated carbocycles. The SMILES string of the molecule is CN(C)c1cncc(-c2cnc3n[nH]c(-c4nc5c(-c6ccsc6)nccc5[nH]4)c3c2)c1. The number of aromatic amines is 2. The molecule has 0 aliphatic rings. The third kappa shape index (κ3) is 3.02. The lowest BCUT2D eigenvalue weighted by Crippen LogP contribution is -2.08. The molecule has 32 heavy (non-hydrogen) atoms. The van der Waals surface area contributed by atoms with Crippen LogP contribution in [-0.2, 0) is 0 Å². The van der Waals surface area contributed by atoms with Crippen molar-refractivity contribution >= 4 is 39.1 Å². The van der Waals surface area contributed by atoms with E-state index in [-0.39, 0.29) is 0 Å². The third-order valence-electron chi connectivity index (χ3n) is 5.42. The minimum absolute atomic E-state index is 0.636. The average molecular weight is 439 g/mol. The Kier molecular flexibility index (Phi) is 4.22. The summed E-state index contributed by atoms with van der Waals surface area (Å²) in [6, 6.07) is 8.15. The van der Waals surface area contributed by atoms with E-state index in [1.54, 1.807) is 17.5 Å². The van der Waals surface area contributed by atoms with Gasteiger partial charge < -0.3 is 9.88 Å². The van der Waals surface area contributed by atoms with Crippen LogP contribution >= 0.6 is 11.3 Å². The molecular weight excluding hydrogens is 420 g/mol. The molecule has 0 saturated heterocycles. The summed E-state index contributed by atoms with van der Waals surface area (Å²) in [5, 5.41) is 12.5. The Morgan fingerprint density at radius 3 is 2.72 bits per heavy atom. The van der Waals surface area contributed by atoms with Crippen molar-refractivity contribution in [3.05, 3.63) is 59.8 Å². The first-order valence-electron chi connectivity index (χ1n) is 10.0. The van der Waals surface area contributed by atoms with E-state index < -0.39 is 0 Å². The lowest BCUT2D eigenvalue weighted by molar-refractivity contribution is 1.09. The van der Waals surface area contributed by atoms with Gasteiger partial charge in [0.15, 0.2) is 11.5 Å². The average Bonchev–Trinajstić information content (AvgIpc) is 3.57. The number of imidazole rings is 1. The van der Waals surface area contributed by atoms with E-state index >= 15 is 0 Å². The topological polar surface area (TPSA) is 99.3 Å². The van der Waals surface area contributed by atoms with E-state index in [1.165, 1.54) is 0 Å². The Hall–Kier alpha value is -4.11. The third-order valence-corrected chi connectivity index (χ3v) is 6.10. The number of rotatable bonds is 4. The van der Waals surface area contributed by atoms with Crippen molar-refractivity contribution < 1.29 is 0 Å². The number of thiophene rings is 1. The van der Waals surface area contributed by atoms with Gasteiger partial charge in [0.25, 0.3) is 0 Å². The van der Waals surface area contributed by atoms with Gasteiger partial charge in [0.2, 0.25) is 0 Å². The van der Waals surface area contributed by atoms with Crippen molar-refractivity contribution in [2.75, 3.05) is 19.0 Å². The molecule has 0 bridgehead atoms.